The predicted octanol–water partition coefficient (Wildman–Crippen LogP) is 0.781. The van der Waals surface area contributed by atoms with E-state index >= 15 is 0 Å². The van der Waals surface area contributed by atoms with Crippen molar-refractivity contribution in [2.75, 3.05) is 6.26 Å². The lowest BCUT2D eigenvalue weighted by Gasteiger charge is -1.89. The number of carboxylic acids is 1. The molecule has 0 aliphatic rings. The van der Waals surface area contributed by atoms with Crippen molar-refractivity contribution in [2.24, 2.45) is 0 Å². The van der Waals surface area contributed by atoms with Gasteiger partial charge in [0.25, 0.3) is 0 Å². The number of hydrogen-bond acceptors (Lipinski definition) is 4. The highest BCUT2D eigenvalue weighted by atomic mass is 32.2. The Morgan fingerprint density at radius 2 is 2.14 bits per heavy atom. The molecule has 1 aromatic heterocycles. The topological polar surface area (TPSA) is 84.6 Å². The first-order valence-electron chi connectivity index (χ1n) is 3.60. The summed E-state index contributed by atoms with van der Waals surface area (Å²) in [7, 11) is -3.37. The second kappa shape index (κ2) is 3.67. The molecule has 0 saturated heterocycles. The molecule has 0 radical (unpaired) electrons. The van der Waals surface area contributed by atoms with Gasteiger partial charge in [0.2, 0.25) is 14.9 Å². The van der Waals surface area contributed by atoms with Crippen LogP contribution in [0.2, 0.25) is 0 Å². The Morgan fingerprint density at radius 3 is 2.57 bits per heavy atom. The van der Waals surface area contributed by atoms with Gasteiger partial charge in [0.15, 0.2) is 0 Å². The summed E-state index contributed by atoms with van der Waals surface area (Å²) in [4.78, 5) is 10.1. The number of sulfone groups is 1. The van der Waals surface area contributed by atoms with E-state index in [1.165, 1.54) is 18.2 Å². The molecule has 1 N–H and O–H groups in total. The summed E-state index contributed by atoms with van der Waals surface area (Å²) >= 11 is 0. The summed E-state index contributed by atoms with van der Waals surface area (Å²) in [6.07, 6.45) is 3.05. The average Bonchev–Trinajstić information content (AvgIpc) is 2.47. The van der Waals surface area contributed by atoms with E-state index in [4.69, 9.17) is 9.52 Å². The molecule has 1 heterocycles. The lowest BCUT2D eigenvalue weighted by atomic mass is 10.4. The van der Waals surface area contributed by atoms with Gasteiger partial charge >= 0.3 is 5.97 Å². The fourth-order valence-corrected chi connectivity index (χ4v) is 1.34. The minimum absolute atomic E-state index is 0.178. The zero-order valence-corrected chi connectivity index (χ0v) is 8.11. The number of aliphatic carboxylic acids is 1. The Hall–Kier alpha value is -1.56. The van der Waals surface area contributed by atoms with E-state index in [9.17, 15) is 13.2 Å². The molecule has 1 rings (SSSR count). The van der Waals surface area contributed by atoms with Crippen LogP contribution in [0, 0.1) is 0 Å². The maximum Gasteiger partial charge on any atom is 0.328 e. The molecule has 0 aliphatic heterocycles. The van der Waals surface area contributed by atoms with Crippen LogP contribution in [-0.2, 0) is 14.6 Å². The van der Waals surface area contributed by atoms with E-state index in [0.29, 0.717) is 0 Å². The number of furan rings is 1. The van der Waals surface area contributed by atoms with Crippen LogP contribution in [0.5, 0.6) is 0 Å². The van der Waals surface area contributed by atoms with Crippen LogP contribution in [0.4, 0.5) is 0 Å². The van der Waals surface area contributed by atoms with E-state index in [0.717, 1.165) is 12.3 Å². The molecule has 0 bridgehead atoms. The van der Waals surface area contributed by atoms with Crippen LogP contribution in [-0.4, -0.2) is 25.7 Å². The SMILES string of the molecule is CS(=O)(=O)c1ccc(/C=C/C(=O)O)o1. The van der Waals surface area contributed by atoms with E-state index in [1.54, 1.807) is 0 Å². The Labute approximate surface area is 80.6 Å². The number of carbonyl (C=O) groups is 1. The van der Waals surface area contributed by atoms with Crippen molar-refractivity contribution in [1.29, 1.82) is 0 Å². The minimum Gasteiger partial charge on any atom is -0.478 e. The molecule has 0 aromatic carbocycles. The highest BCUT2D eigenvalue weighted by Crippen LogP contribution is 2.14. The lowest BCUT2D eigenvalue weighted by Crippen LogP contribution is -1.93. The largest absolute Gasteiger partial charge is 0.478 e. The monoisotopic (exact) mass is 216 g/mol. The van der Waals surface area contributed by atoms with Crippen molar-refractivity contribution in [3.63, 3.8) is 0 Å². The van der Waals surface area contributed by atoms with Gasteiger partial charge in [-0.05, 0) is 18.2 Å². The van der Waals surface area contributed by atoms with Crippen molar-refractivity contribution >= 4 is 21.9 Å². The lowest BCUT2D eigenvalue weighted by molar-refractivity contribution is -0.131. The first-order chi connectivity index (χ1) is 6.39. The molecule has 5 nitrogen and oxygen atoms in total. The van der Waals surface area contributed by atoms with Crippen LogP contribution in [0.1, 0.15) is 5.76 Å². The summed E-state index contributed by atoms with van der Waals surface area (Å²) in [6, 6.07) is 2.66. The van der Waals surface area contributed by atoms with Gasteiger partial charge in [-0.2, -0.15) is 0 Å². The Balaban J connectivity index is 2.95. The second-order valence-electron chi connectivity index (χ2n) is 2.60. The highest BCUT2D eigenvalue weighted by Gasteiger charge is 2.11. The molecule has 1 aromatic rings. The van der Waals surface area contributed by atoms with Crippen LogP contribution < -0.4 is 0 Å². The van der Waals surface area contributed by atoms with Gasteiger partial charge < -0.3 is 9.52 Å². The third-order valence-corrected chi connectivity index (χ3v) is 2.31. The molecule has 0 aliphatic carbocycles. The number of carboxylic acid groups (broad SMARTS) is 1. The van der Waals surface area contributed by atoms with E-state index in [1.807, 2.05) is 0 Å². The number of rotatable bonds is 3. The van der Waals surface area contributed by atoms with Crippen LogP contribution in [0.15, 0.2) is 27.7 Å². The Morgan fingerprint density at radius 1 is 1.50 bits per heavy atom. The Bertz CT molecular complexity index is 466. The first kappa shape index (κ1) is 10.5. The molecule has 76 valence electrons. The molecule has 14 heavy (non-hydrogen) atoms. The maximum atomic E-state index is 11.0. The molecule has 0 fully saturated rings. The first-order valence-corrected chi connectivity index (χ1v) is 5.49. The summed E-state index contributed by atoms with van der Waals surface area (Å²) < 4.78 is 26.8. The van der Waals surface area contributed by atoms with Crippen molar-refractivity contribution in [3.05, 3.63) is 24.0 Å². The zero-order valence-electron chi connectivity index (χ0n) is 7.30. The minimum atomic E-state index is -3.37. The quantitative estimate of drug-likeness (QED) is 0.755. The van der Waals surface area contributed by atoms with Gasteiger partial charge in [-0.3, -0.25) is 0 Å². The summed E-state index contributed by atoms with van der Waals surface area (Å²) in [5.74, 6) is -0.935. The highest BCUT2D eigenvalue weighted by molar-refractivity contribution is 7.90. The molecular formula is C8H8O5S. The van der Waals surface area contributed by atoms with Crippen molar-refractivity contribution in [3.8, 4) is 0 Å². The van der Waals surface area contributed by atoms with Gasteiger partial charge in [-0.15, -0.1) is 0 Å². The van der Waals surface area contributed by atoms with Crippen LogP contribution >= 0.6 is 0 Å². The van der Waals surface area contributed by atoms with Gasteiger partial charge in [0.1, 0.15) is 5.76 Å². The maximum absolute atomic E-state index is 11.0. The third kappa shape index (κ3) is 2.74. The normalized spacial score (nSPS) is 12.1. The molecule has 0 amide bonds. The van der Waals surface area contributed by atoms with E-state index < -0.39 is 15.8 Å². The molecule has 6 heteroatoms. The van der Waals surface area contributed by atoms with Crippen LogP contribution in [0.3, 0.4) is 0 Å². The molecule has 0 saturated carbocycles. The van der Waals surface area contributed by atoms with Gasteiger partial charge in [-0.1, -0.05) is 0 Å². The Kier molecular flexibility index (Phi) is 2.76. The van der Waals surface area contributed by atoms with Gasteiger partial charge in [-0.25, -0.2) is 13.2 Å². The van der Waals surface area contributed by atoms with Gasteiger partial charge in [0.05, 0.1) is 0 Å². The van der Waals surface area contributed by atoms with Crippen molar-refractivity contribution < 1.29 is 22.7 Å². The van der Waals surface area contributed by atoms with Crippen molar-refractivity contribution in [1.82, 2.24) is 0 Å². The van der Waals surface area contributed by atoms with E-state index in [2.05, 4.69) is 0 Å². The zero-order chi connectivity index (χ0) is 10.8. The fourth-order valence-electron chi connectivity index (χ4n) is 0.777. The standard InChI is InChI=1S/C8H8O5S/c1-14(11,12)8-5-3-6(13-8)2-4-7(9)10/h2-5H,1H3,(H,9,10)/b4-2+. The summed E-state index contributed by atoms with van der Waals surface area (Å²) in [5, 5.41) is 8.12. The average molecular weight is 216 g/mol. The number of hydrogen-bond donors (Lipinski definition) is 1. The summed E-state index contributed by atoms with van der Waals surface area (Å²) in [6.45, 7) is 0. The van der Waals surface area contributed by atoms with Crippen LogP contribution in [0.25, 0.3) is 6.08 Å². The third-order valence-electron chi connectivity index (χ3n) is 1.36. The molecular weight excluding hydrogens is 208 g/mol. The van der Waals surface area contributed by atoms with Crippen molar-refractivity contribution in [2.45, 2.75) is 5.09 Å². The smallest absolute Gasteiger partial charge is 0.328 e. The van der Waals surface area contributed by atoms with E-state index in [-0.39, 0.29) is 10.9 Å². The fraction of sp³-hybridized carbons (Fsp3) is 0.125. The predicted molar refractivity (Wildman–Crippen MR) is 48.5 cm³/mol. The molecule has 0 atom stereocenters. The molecule has 0 spiro atoms. The summed E-state index contributed by atoms with van der Waals surface area (Å²) in [5.41, 5.74) is 0. The molecule has 0 unspecified atom stereocenters. The van der Waals surface area contributed by atoms with Gasteiger partial charge in [0, 0.05) is 12.3 Å². The second-order valence-corrected chi connectivity index (χ2v) is 4.55.